The highest BCUT2D eigenvalue weighted by Gasteiger charge is 2.14. The van der Waals surface area contributed by atoms with Gasteiger partial charge in [0, 0.05) is 13.1 Å². The molecule has 0 saturated heterocycles. The number of methoxy groups -OCH3 is 1. The summed E-state index contributed by atoms with van der Waals surface area (Å²) in [5.41, 5.74) is 0.547. The lowest BCUT2D eigenvalue weighted by Gasteiger charge is -2.13. The molecule has 0 aliphatic heterocycles. The van der Waals surface area contributed by atoms with Gasteiger partial charge in [0.05, 0.1) is 18.0 Å². The Balaban J connectivity index is 1.84. The second-order valence-corrected chi connectivity index (χ2v) is 6.06. The Bertz CT molecular complexity index is 1080. The molecule has 1 aromatic heterocycles. The Morgan fingerprint density at radius 3 is 2.41 bits per heavy atom. The van der Waals surface area contributed by atoms with Crippen molar-refractivity contribution in [2.75, 3.05) is 7.11 Å². The smallest absolute Gasteiger partial charge is 0.331 e. The second kappa shape index (κ2) is 7.90. The van der Waals surface area contributed by atoms with E-state index in [2.05, 4.69) is 5.32 Å². The Kier molecular flexibility index (Phi) is 5.40. The number of rotatable bonds is 6. The number of para-hydroxylation sites is 1. The lowest BCUT2D eigenvalue weighted by molar-refractivity contribution is -0.121. The SMILES string of the molecule is CCn1c(=O)c2ccccc2n(CC(=O)NCc2ccc(OC)cc2)c1=O. The van der Waals surface area contributed by atoms with Gasteiger partial charge in [-0.2, -0.15) is 0 Å². The van der Waals surface area contributed by atoms with Crippen LogP contribution in [-0.2, 0) is 24.4 Å². The maximum absolute atomic E-state index is 12.6. The minimum atomic E-state index is -0.485. The third-order valence-electron chi connectivity index (χ3n) is 4.40. The molecule has 0 spiro atoms. The van der Waals surface area contributed by atoms with E-state index in [1.165, 1.54) is 4.57 Å². The zero-order valence-corrected chi connectivity index (χ0v) is 15.3. The second-order valence-electron chi connectivity index (χ2n) is 6.06. The molecule has 0 fully saturated rings. The molecule has 140 valence electrons. The average molecular weight is 367 g/mol. The van der Waals surface area contributed by atoms with Crippen LogP contribution >= 0.6 is 0 Å². The number of ether oxygens (including phenoxy) is 1. The quantitative estimate of drug-likeness (QED) is 0.716. The predicted molar refractivity (Wildman–Crippen MR) is 103 cm³/mol. The van der Waals surface area contributed by atoms with Gasteiger partial charge in [0.2, 0.25) is 5.91 Å². The minimum absolute atomic E-state index is 0.157. The van der Waals surface area contributed by atoms with Crippen molar-refractivity contribution in [3.8, 4) is 5.75 Å². The third-order valence-corrected chi connectivity index (χ3v) is 4.40. The first-order valence-electron chi connectivity index (χ1n) is 8.67. The van der Waals surface area contributed by atoms with Gasteiger partial charge in [-0.3, -0.25) is 18.7 Å². The molecule has 0 unspecified atom stereocenters. The van der Waals surface area contributed by atoms with Crippen LogP contribution in [0, 0.1) is 0 Å². The zero-order valence-electron chi connectivity index (χ0n) is 15.3. The lowest BCUT2D eigenvalue weighted by Crippen LogP contribution is -2.42. The van der Waals surface area contributed by atoms with Crippen molar-refractivity contribution in [3.05, 3.63) is 74.9 Å². The van der Waals surface area contributed by atoms with Crippen LogP contribution in [0.15, 0.2) is 58.1 Å². The fourth-order valence-corrected chi connectivity index (χ4v) is 2.95. The number of nitrogens with zero attached hydrogens (tertiary/aromatic N) is 2. The number of fused-ring (bicyclic) bond motifs is 1. The summed E-state index contributed by atoms with van der Waals surface area (Å²) in [6.45, 7) is 2.15. The number of hydrogen-bond acceptors (Lipinski definition) is 4. The molecule has 1 heterocycles. The van der Waals surface area contributed by atoms with Gasteiger partial charge in [-0.15, -0.1) is 0 Å². The minimum Gasteiger partial charge on any atom is -0.497 e. The van der Waals surface area contributed by atoms with Crippen LogP contribution in [0.3, 0.4) is 0 Å². The fraction of sp³-hybridized carbons (Fsp3) is 0.250. The number of hydrogen-bond donors (Lipinski definition) is 1. The molecule has 3 rings (SSSR count). The van der Waals surface area contributed by atoms with E-state index in [0.29, 0.717) is 17.4 Å². The highest BCUT2D eigenvalue weighted by molar-refractivity contribution is 5.81. The van der Waals surface area contributed by atoms with Crippen molar-refractivity contribution in [1.82, 2.24) is 14.5 Å². The molecule has 0 aliphatic rings. The molecule has 7 heteroatoms. The van der Waals surface area contributed by atoms with Crippen LogP contribution < -0.4 is 21.3 Å². The number of nitrogens with one attached hydrogen (secondary N) is 1. The van der Waals surface area contributed by atoms with Gasteiger partial charge in [-0.25, -0.2) is 4.79 Å². The van der Waals surface area contributed by atoms with Gasteiger partial charge >= 0.3 is 5.69 Å². The van der Waals surface area contributed by atoms with Crippen LogP contribution in [-0.4, -0.2) is 22.2 Å². The van der Waals surface area contributed by atoms with Crippen molar-refractivity contribution in [2.24, 2.45) is 0 Å². The zero-order chi connectivity index (χ0) is 19.4. The summed E-state index contributed by atoms with van der Waals surface area (Å²) in [4.78, 5) is 37.5. The van der Waals surface area contributed by atoms with Crippen molar-refractivity contribution in [1.29, 1.82) is 0 Å². The fourth-order valence-electron chi connectivity index (χ4n) is 2.95. The van der Waals surface area contributed by atoms with Gasteiger partial charge in [0.1, 0.15) is 12.3 Å². The molecule has 1 amide bonds. The summed E-state index contributed by atoms with van der Waals surface area (Å²) in [6.07, 6.45) is 0. The molecule has 2 aromatic carbocycles. The first-order chi connectivity index (χ1) is 13.0. The molecule has 1 N–H and O–H groups in total. The molecule has 0 saturated carbocycles. The number of carbonyl (C=O) groups excluding carboxylic acids is 1. The molecule has 0 atom stereocenters. The number of carbonyl (C=O) groups is 1. The van der Waals surface area contributed by atoms with Crippen molar-refractivity contribution in [2.45, 2.75) is 26.6 Å². The van der Waals surface area contributed by atoms with E-state index >= 15 is 0 Å². The van der Waals surface area contributed by atoms with E-state index in [0.717, 1.165) is 15.9 Å². The van der Waals surface area contributed by atoms with E-state index in [1.807, 2.05) is 24.3 Å². The summed E-state index contributed by atoms with van der Waals surface area (Å²) >= 11 is 0. The molecular formula is C20H21N3O4. The molecule has 7 nitrogen and oxygen atoms in total. The predicted octanol–water partition coefficient (Wildman–Crippen LogP) is 1.51. The summed E-state index contributed by atoms with van der Waals surface area (Å²) < 4.78 is 7.58. The highest BCUT2D eigenvalue weighted by Crippen LogP contribution is 2.11. The normalized spacial score (nSPS) is 10.7. The highest BCUT2D eigenvalue weighted by atomic mass is 16.5. The Morgan fingerprint density at radius 2 is 1.74 bits per heavy atom. The van der Waals surface area contributed by atoms with Gasteiger partial charge in [0.15, 0.2) is 0 Å². The molecule has 27 heavy (non-hydrogen) atoms. The van der Waals surface area contributed by atoms with Crippen molar-refractivity contribution in [3.63, 3.8) is 0 Å². The van der Waals surface area contributed by atoms with E-state index in [4.69, 9.17) is 4.74 Å². The van der Waals surface area contributed by atoms with E-state index in [-0.39, 0.29) is 24.6 Å². The van der Waals surface area contributed by atoms with Crippen LogP contribution in [0.25, 0.3) is 10.9 Å². The maximum atomic E-state index is 12.6. The first-order valence-corrected chi connectivity index (χ1v) is 8.67. The van der Waals surface area contributed by atoms with Crippen LogP contribution in [0.2, 0.25) is 0 Å². The summed E-state index contributed by atoms with van der Waals surface area (Å²) in [5.74, 6) is 0.435. The standard InChI is InChI=1S/C20H21N3O4/c1-3-22-19(25)16-6-4-5-7-17(16)23(20(22)26)13-18(24)21-12-14-8-10-15(27-2)11-9-14/h4-11H,3,12-13H2,1-2H3,(H,21,24). The van der Waals surface area contributed by atoms with E-state index < -0.39 is 5.69 Å². The maximum Gasteiger partial charge on any atom is 0.331 e. The van der Waals surface area contributed by atoms with Gasteiger partial charge in [-0.1, -0.05) is 24.3 Å². The van der Waals surface area contributed by atoms with Crippen LogP contribution in [0.1, 0.15) is 12.5 Å². The Labute approximate surface area is 155 Å². The lowest BCUT2D eigenvalue weighted by atomic mass is 10.2. The van der Waals surface area contributed by atoms with Gasteiger partial charge in [-0.05, 0) is 36.8 Å². The average Bonchev–Trinajstić information content (AvgIpc) is 2.70. The third kappa shape index (κ3) is 3.76. The molecule has 3 aromatic rings. The van der Waals surface area contributed by atoms with Crippen LogP contribution in [0.5, 0.6) is 5.75 Å². The number of amides is 1. The Hall–Kier alpha value is -3.35. The number of benzene rings is 2. The first kappa shape index (κ1) is 18.4. The van der Waals surface area contributed by atoms with Gasteiger partial charge < -0.3 is 10.1 Å². The summed E-state index contributed by atoms with van der Waals surface area (Å²) in [6, 6.07) is 14.2. The van der Waals surface area contributed by atoms with Gasteiger partial charge in [0.25, 0.3) is 5.56 Å². The van der Waals surface area contributed by atoms with Crippen LogP contribution in [0.4, 0.5) is 0 Å². The summed E-state index contributed by atoms with van der Waals surface area (Å²) in [7, 11) is 1.59. The topological polar surface area (TPSA) is 82.3 Å². The molecular weight excluding hydrogens is 346 g/mol. The Morgan fingerprint density at radius 1 is 1.04 bits per heavy atom. The van der Waals surface area contributed by atoms with E-state index in [9.17, 15) is 14.4 Å². The molecule has 0 radical (unpaired) electrons. The number of aromatic nitrogens is 2. The molecule has 0 bridgehead atoms. The summed E-state index contributed by atoms with van der Waals surface area (Å²) in [5, 5.41) is 3.22. The van der Waals surface area contributed by atoms with E-state index in [1.54, 1.807) is 38.3 Å². The monoisotopic (exact) mass is 367 g/mol. The largest absolute Gasteiger partial charge is 0.497 e. The van der Waals surface area contributed by atoms with Crippen molar-refractivity contribution >= 4 is 16.8 Å². The molecule has 0 aliphatic carbocycles. The van der Waals surface area contributed by atoms with Crippen molar-refractivity contribution < 1.29 is 9.53 Å².